The van der Waals surface area contributed by atoms with Crippen molar-refractivity contribution in [1.29, 1.82) is 0 Å². The average Bonchev–Trinajstić information content (AvgIpc) is 2.96. The van der Waals surface area contributed by atoms with E-state index in [-0.39, 0.29) is 17.1 Å². The number of carbonyl (C=O) groups is 1. The molecule has 1 heterocycles. The maximum absolute atomic E-state index is 13.4. The monoisotopic (exact) mass is 321 g/mol. The summed E-state index contributed by atoms with van der Waals surface area (Å²) >= 11 is 7.74. The molecule has 1 unspecified atom stereocenters. The molecule has 108 valence electrons. The first kappa shape index (κ1) is 14.4. The van der Waals surface area contributed by atoms with Gasteiger partial charge in [0.2, 0.25) is 0 Å². The molecule has 0 saturated carbocycles. The van der Waals surface area contributed by atoms with Crippen molar-refractivity contribution in [3.05, 3.63) is 70.5 Å². The van der Waals surface area contributed by atoms with Gasteiger partial charge in [-0.3, -0.25) is 4.79 Å². The van der Waals surface area contributed by atoms with Crippen molar-refractivity contribution in [3.63, 3.8) is 0 Å². The number of hydrogen-bond acceptors (Lipinski definition) is 2. The third-order valence-corrected chi connectivity index (χ3v) is 4.98. The molecule has 21 heavy (non-hydrogen) atoms. The third kappa shape index (κ3) is 2.92. The molecule has 1 aliphatic rings. The number of halogens is 2. The zero-order valence-corrected chi connectivity index (χ0v) is 12.7. The molecule has 1 saturated heterocycles. The van der Waals surface area contributed by atoms with Gasteiger partial charge in [0.1, 0.15) is 11.2 Å². The molecule has 2 nitrogen and oxygen atoms in total. The third-order valence-electron chi connectivity index (χ3n) is 3.39. The van der Waals surface area contributed by atoms with Crippen molar-refractivity contribution in [2.75, 3.05) is 12.3 Å². The highest BCUT2D eigenvalue weighted by Crippen LogP contribution is 2.39. The smallest absolute Gasteiger partial charge is 0.256 e. The SMILES string of the molecule is O=C(c1ccccc1Cl)N1CCSC1c1cccc(F)c1. The van der Waals surface area contributed by atoms with Crippen LogP contribution in [0.5, 0.6) is 0 Å². The molecule has 1 atom stereocenters. The highest BCUT2D eigenvalue weighted by molar-refractivity contribution is 7.99. The van der Waals surface area contributed by atoms with E-state index in [2.05, 4.69) is 0 Å². The van der Waals surface area contributed by atoms with Gasteiger partial charge in [0.15, 0.2) is 0 Å². The van der Waals surface area contributed by atoms with Crippen molar-refractivity contribution in [2.45, 2.75) is 5.37 Å². The molecule has 1 fully saturated rings. The Morgan fingerprint density at radius 1 is 1.24 bits per heavy atom. The summed E-state index contributed by atoms with van der Waals surface area (Å²) in [5.41, 5.74) is 1.29. The summed E-state index contributed by atoms with van der Waals surface area (Å²) in [5, 5.41) is 0.280. The Labute approximate surface area is 131 Å². The van der Waals surface area contributed by atoms with E-state index in [1.54, 1.807) is 47.0 Å². The van der Waals surface area contributed by atoms with Gasteiger partial charge in [-0.15, -0.1) is 11.8 Å². The predicted molar refractivity (Wildman–Crippen MR) is 84.1 cm³/mol. The lowest BCUT2D eigenvalue weighted by molar-refractivity contribution is 0.0760. The number of benzene rings is 2. The Bertz CT molecular complexity index is 679. The minimum Gasteiger partial charge on any atom is -0.322 e. The maximum atomic E-state index is 13.4. The Hall–Kier alpha value is -1.52. The Morgan fingerprint density at radius 3 is 2.81 bits per heavy atom. The van der Waals surface area contributed by atoms with Crippen molar-refractivity contribution in [1.82, 2.24) is 4.90 Å². The van der Waals surface area contributed by atoms with Crippen molar-refractivity contribution in [2.24, 2.45) is 0 Å². The van der Waals surface area contributed by atoms with Crippen molar-refractivity contribution in [3.8, 4) is 0 Å². The predicted octanol–water partition coefficient (Wildman–Crippen LogP) is 4.37. The Balaban J connectivity index is 1.91. The highest BCUT2D eigenvalue weighted by atomic mass is 35.5. The van der Waals surface area contributed by atoms with Crippen LogP contribution in [0.25, 0.3) is 0 Å². The molecule has 2 aromatic carbocycles. The van der Waals surface area contributed by atoms with Crippen LogP contribution in [0.15, 0.2) is 48.5 Å². The molecule has 0 N–H and O–H groups in total. The summed E-state index contributed by atoms with van der Waals surface area (Å²) in [6.07, 6.45) is 0. The number of rotatable bonds is 2. The molecule has 0 bridgehead atoms. The van der Waals surface area contributed by atoms with Crippen LogP contribution in [0.1, 0.15) is 21.3 Å². The van der Waals surface area contributed by atoms with Gasteiger partial charge in [-0.25, -0.2) is 4.39 Å². The largest absolute Gasteiger partial charge is 0.322 e. The Morgan fingerprint density at radius 2 is 2.05 bits per heavy atom. The number of carbonyl (C=O) groups excluding carboxylic acids is 1. The summed E-state index contributed by atoms with van der Waals surface area (Å²) in [4.78, 5) is 14.4. The molecule has 5 heteroatoms. The molecule has 1 aliphatic heterocycles. The van der Waals surface area contributed by atoms with Gasteiger partial charge in [0, 0.05) is 12.3 Å². The quantitative estimate of drug-likeness (QED) is 0.818. The summed E-state index contributed by atoms with van der Waals surface area (Å²) in [6, 6.07) is 13.4. The van der Waals surface area contributed by atoms with Crippen LogP contribution in [0.2, 0.25) is 5.02 Å². The van der Waals surface area contributed by atoms with Crippen LogP contribution in [0.4, 0.5) is 4.39 Å². The van der Waals surface area contributed by atoms with Crippen molar-refractivity contribution < 1.29 is 9.18 Å². The number of nitrogens with zero attached hydrogens (tertiary/aromatic N) is 1. The second-order valence-corrected chi connectivity index (χ2v) is 6.35. The van der Waals surface area contributed by atoms with E-state index in [4.69, 9.17) is 11.6 Å². The molecule has 2 aromatic rings. The van der Waals surface area contributed by atoms with E-state index in [0.717, 1.165) is 11.3 Å². The van der Waals surface area contributed by atoms with Crippen LogP contribution < -0.4 is 0 Å². The normalized spacial score (nSPS) is 18.0. The van der Waals surface area contributed by atoms with Gasteiger partial charge in [0.25, 0.3) is 5.91 Å². The molecule has 0 radical (unpaired) electrons. The summed E-state index contributed by atoms with van der Waals surface area (Å²) in [7, 11) is 0. The fourth-order valence-electron chi connectivity index (χ4n) is 2.40. The van der Waals surface area contributed by atoms with Crippen LogP contribution in [0, 0.1) is 5.82 Å². The molecule has 1 amide bonds. The molecule has 3 rings (SSSR count). The van der Waals surface area contributed by atoms with Gasteiger partial charge in [-0.2, -0.15) is 0 Å². The zero-order valence-electron chi connectivity index (χ0n) is 11.1. The first-order valence-electron chi connectivity index (χ1n) is 6.59. The fourth-order valence-corrected chi connectivity index (χ4v) is 3.87. The second kappa shape index (κ2) is 6.08. The van der Waals surface area contributed by atoms with E-state index in [9.17, 15) is 9.18 Å². The van der Waals surface area contributed by atoms with E-state index >= 15 is 0 Å². The lowest BCUT2D eigenvalue weighted by atomic mass is 10.1. The minimum atomic E-state index is -0.287. The first-order valence-corrected chi connectivity index (χ1v) is 8.02. The number of hydrogen-bond donors (Lipinski definition) is 0. The van der Waals surface area contributed by atoms with E-state index < -0.39 is 0 Å². The van der Waals surface area contributed by atoms with Gasteiger partial charge in [-0.05, 0) is 29.8 Å². The molecule has 0 aromatic heterocycles. The van der Waals surface area contributed by atoms with Crippen LogP contribution in [0.3, 0.4) is 0 Å². The number of thioether (sulfide) groups is 1. The highest BCUT2D eigenvalue weighted by Gasteiger charge is 2.32. The maximum Gasteiger partial charge on any atom is 0.256 e. The fraction of sp³-hybridized carbons (Fsp3) is 0.188. The summed E-state index contributed by atoms with van der Waals surface area (Å²) < 4.78 is 13.4. The molecular formula is C16H13ClFNOS. The van der Waals surface area contributed by atoms with Crippen LogP contribution in [-0.4, -0.2) is 23.1 Å². The van der Waals surface area contributed by atoms with Crippen molar-refractivity contribution >= 4 is 29.3 Å². The molecular weight excluding hydrogens is 309 g/mol. The van der Waals surface area contributed by atoms with Gasteiger partial charge < -0.3 is 4.90 Å². The standard InChI is InChI=1S/C16H13ClFNOS/c17-14-7-2-1-6-13(14)15(20)19-8-9-21-16(19)11-4-3-5-12(18)10-11/h1-7,10,16H,8-9H2. The van der Waals surface area contributed by atoms with Gasteiger partial charge >= 0.3 is 0 Å². The number of amides is 1. The average molecular weight is 322 g/mol. The lowest BCUT2D eigenvalue weighted by Gasteiger charge is -2.24. The first-order chi connectivity index (χ1) is 10.2. The van der Waals surface area contributed by atoms with E-state index in [1.165, 1.54) is 12.1 Å². The molecule has 0 spiro atoms. The molecule has 0 aliphatic carbocycles. The van der Waals surface area contributed by atoms with Gasteiger partial charge in [-0.1, -0.05) is 35.9 Å². The van der Waals surface area contributed by atoms with Gasteiger partial charge in [0.05, 0.1) is 10.6 Å². The second-order valence-electron chi connectivity index (χ2n) is 4.76. The van der Waals surface area contributed by atoms with E-state index in [1.807, 2.05) is 6.07 Å². The zero-order chi connectivity index (χ0) is 14.8. The summed E-state index contributed by atoms with van der Waals surface area (Å²) in [6.45, 7) is 0.635. The summed E-state index contributed by atoms with van der Waals surface area (Å²) in [5.74, 6) is 0.433. The Kier molecular flexibility index (Phi) is 4.17. The van der Waals surface area contributed by atoms with E-state index in [0.29, 0.717) is 17.1 Å². The lowest BCUT2D eigenvalue weighted by Crippen LogP contribution is -2.30. The topological polar surface area (TPSA) is 20.3 Å². The minimum absolute atomic E-state index is 0.111. The van der Waals surface area contributed by atoms with Crippen LogP contribution >= 0.6 is 23.4 Å². The van der Waals surface area contributed by atoms with Crippen LogP contribution in [-0.2, 0) is 0 Å².